The van der Waals surface area contributed by atoms with Crippen molar-refractivity contribution in [1.82, 2.24) is 9.78 Å². The van der Waals surface area contributed by atoms with Gasteiger partial charge in [-0.05, 0) is 24.1 Å². The molecule has 1 heterocycles. The third-order valence-electron chi connectivity index (χ3n) is 2.46. The summed E-state index contributed by atoms with van der Waals surface area (Å²) in [7, 11) is 0. The van der Waals surface area contributed by atoms with Gasteiger partial charge >= 0.3 is 0 Å². The summed E-state index contributed by atoms with van der Waals surface area (Å²) in [5.41, 5.74) is 3.68. The lowest BCUT2D eigenvalue weighted by molar-refractivity contribution is 0.829. The van der Waals surface area contributed by atoms with Crippen molar-refractivity contribution in [2.75, 3.05) is 0 Å². The van der Waals surface area contributed by atoms with Crippen molar-refractivity contribution in [2.24, 2.45) is 0 Å². The SMILES string of the molecule is CCc1ccccc1-n1nccc1CBr. The summed E-state index contributed by atoms with van der Waals surface area (Å²) in [6, 6.07) is 10.4. The number of alkyl halides is 1. The number of nitrogens with zero attached hydrogens (tertiary/aromatic N) is 2. The Morgan fingerprint density at radius 1 is 1.27 bits per heavy atom. The number of para-hydroxylation sites is 1. The Labute approximate surface area is 98.1 Å². The molecule has 0 aliphatic rings. The zero-order chi connectivity index (χ0) is 10.7. The van der Waals surface area contributed by atoms with Crippen LogP contribution in [0.5, 0.6) is 0 Å². The standard InChI is InChI=1S/C12H13BrN2/c1-2-10-5-3-4-6-12(10)15-11(9-13)7-8-14-15/h3-8H,2,9H2,1H3. The van der Waals surface area contributed by atoms with Gasteiger partial charge in [0.05, 0.1) is 11.4 Å². The summed E-state index contributed by atoms with van der Waals surface area (Å²) in [5.74, 6) is 0. The molecule has 0 aliphatic carbocycles. The maximum Gasteiger partial charge on any atom is 0.0680 e. The van der Waals surface area contributed by atoms with Gasteiger partial charge in [0.1, 0.15) is 0 Å². The molecule has 1 aromatic heterocycles. The molecule has 0 amide bonds. The third-order valence-corrected chi connectivity index (χ3v) is 3.03. The number of benzene rings is 1. The first kappa shape index (κ1) is 10.4. The Kier molecular flexibility index (Phi) is 3.21. The van der Waals surface area contributed by atoms with Crippen molar-refractivity contribution in [1.29, 1.82) is 0 Å². The Morgan fingerprint density at radius 2 is 2.07 bits per heavy atom. The number of rotatable bonds is 3. The zero-order valence-corrected chi connectivity index (χ0v) is 10.2. The van der Waals surface area contributed by atoms with E-state index < -0.39 is 0 Å². The van der Waals surface area contributed by atoms with Crippen molar-refractivity contribution >= 4 is 15.9 Å². The molecule has 15 heavy (non-hydrogen) atoms. The molecule has 0 aliphatic heterocycles. The number of hydrogen-bond donors (Lipinski definition) is 0. The molecule has 0 unspecified atom stereocenters. The minimum Gasteiger partial charge on any atom is -0.237 e. The lowest BCUT2D eigenvalue weighted by atomic mass is 10.1. The predicted molar refractivity (Wildman–Crippen MR) is 65.6 cm³/mol. The smallest absolute Gasteiger partial charge is 0.0680 e. The largest absolute Gasteiger partial charge is 0.237 e. The Balaban J connectivity index is 2.53. The van der Waals surface area contributed by atoms with E-state index >= 15 is 0 Å². The van der Waals surface area contributed by atoms with Crippen LogP contribution in [0, 0.1) is 0 Å². The molecule has 2 rings (SSSR count). The highest BCUT2D eigenvalue weighted by molar-refractivity contribution is 9.08. The highest BCUT2D eigenvalue weighted by Crippen LogP contribution is 2.17. The second kappa shape index (κ2) is 4.62. The predicted octanol–water partition coefficient (Wildman–Crippen LogP) is 3.33. The number of hydrogen-bond acceptors (Lipinski definition) is 1. The number of aromatic nitrogens is 2. The van der Waals surface area contributed by atoms with Gasteiger partial charge in [0.15, 0.2) is 0 Å². The van der Waals surface area contributed by atoms with Crippen molar-refractivity contribution in [2.45, 2.75) is 18.7 Å². The summed E-state index contributed by atoms with van der Waals surface area (Å²) in [6.45, 7) is 2.16. The van der Waals surface area contributed by atoms with Gasteiger partial charge in [-0.2, -0.15) is 5.10 Å². The van der Waals surface area contributed by atoms with E-state index in [-0.39, 0.29) is 0 Å². The van der Waals surface area contributed by atoms with Gasteiger partial charge in [-0.15, -0.1) is 0 Å². The molecule has 0 N–H and O–H groups in total. The maximum atomic E-state index is 4.35. The average Bonchev–Trinajstić information content (AvgIpc) is 2.76. The average molecular weight is 265 g/mol. The van der Waals surface area contributed by atoms with Crippen molar-refractivity contribution in [3.8, 4) is 5.69 Å². The van der Waals surface area contributed by atoms with Crippen LogP contribution in [-0.2, 0) is 11.8 Å². The summed E-state index contributed by atoms with van der Waals surface area (Å²) >= 11 is 3.47. The summed E-state index contributed by atoms with van der Waals surface area (Å²) in [4.78, 5) is 0. The first-order chi connectivity index (χ1) is 7.36. The second-order valence-electron chi connectivity index (χ2n) is 3.35. The van der Waals surface area contributed by atoms with Gasteiger partial charge in [0, 0.05) is 11.5 Å². The van der Waals surface area contributed by atoms with E-state index in [1.807, 2.05) is 23.0 Å². The fraction of sp³-hybridized carbons (Fsp3) is 0.250. The zero-order valence-electron chi connectivity index (χ0n) is 8.65. The van der Waals surface area contributed by atoms with Crippen LogP contribution in [-0.4, -0.2) is 9.78 Å². The van der Waals surface area contributed by atoms with Gasteiger partial charge in [0.25, 0.3) is 0 Å². The summed E-state index contributed by atoms with van der Waals surface area (Å²) in [5, 5.41) is 5.18. The first-order valence-electron chi connectivity index (χ1n) is 5.04. The molecular formula is C12H13BrN2. The lowest BCUT2D eigenvalue weighted by Gasteiger charge is -2.09. The van der Waals surface area contributed by atoms with Crippen LogP contribution in [0.1, 0.15) is 18.2 Å². The van der Waals surface area contributed by atoms with E-state index in [9.17, 15) is 0 Å². The van der Waals surface area contributed by atoms with E-state index in [1.165, 1.54) is 16.9 Å². The molecule has 0 atom stereocenters. The number of aryl methyl sites for hydroxylation is 1. The van der Waals surface area contributed by atoms with Crippen LogP contribution >= 0.6 is 15.9 Å². The molecule has 1 aromatic carbocycles. The fourth-order valence-corrected chi connectivity index (χ4v) is 2.09. The van der Waals surface area contributed by atoms with Crippen LogP contribution < -0.4 is 0 Å². The minimum absolute atomic E-state index is 0.824. The molecule has 2 aromatic rings. The van der Waals surface area contributed by atoms with Gasteiger partial charge < -0.3 is 0 Å². The molecular weight excluding hydrogens is 252 g/mol. The van der Waals surface area contributed by atoms with Gasteiger partial charge in [-0.1, -0.05) is 41.1 Å². The minimum atomic E-state index is 0.824. The van der Waals surface area contributed by atoms with Gasteiger partial charge in [0.2, 0.25) is 0 Å². The highest BCUT2D eigenvalue weighted by atomic mass is 79.9. The quantitative estimate of drug-likeness (QED) is 0.778. The molecule has 0 bridgehead atoms. The molecule has 3 heteroatoms. The van der Waals surface area contributed by atoms with E-state index in [4.69, 9.17) is 0 Å². The van der Waals surface area contributed by atoms with Crippen molar-refractivity contribution < 1.29 is 0 Å². The summed E-state index contributed by atoms with van der Waals surface area (Å²) < 4.78 is 1.99. The lowest BCUT2D eigenvalue weighted by Crippen LogP contribution is -2.03. The van der Waals surface area contributed by atoms with Crippen LogP contribution in [0.4, 0.5) is 0 Å². The van der Waals surface area contributed by atoms with E-state index in [1.54, 1.807) is 0 Å². The van der Waals surface area contributed by atoms with Gasteiger partial charge in [-0.3, -0.25) is 0 Å². The van der Waals surface area contributed by atoms with Crippen molar-refractivity contribution in [3.63, 3.8) is 0 Å². The summed E-state index contributed by atoms with van der Waals surface area (Å²) in [6.07, 6.45) is 2.86. The third kappa shape index (κ3) is 1.97. The number of halogens is 1. The van der Waals surface area contributed by atoms with Gasteiger partial charge in [-0.25, -0.2) is 4.68 Å². The molecule has 0 radical (unpaired) electrons. The second-order valence-corrected chi connectivity index (χ2v) is 3.91. The van der Waals surface area contributed by atoms with Crippen LogP contribution in [0.25, 0.3) is 5.69 Å². The molecule has 0 saturated carbocycles. The molecule has 0 saturated heterocycles. The normalized spacial score (nSPS) is 10.5. The molecule has 2 nitrogen and oxygen atoms in total. The van der Waals surface area contributed by atoms with Crippen molar-refractivity contribution in [3.05, 3.63) is 47.8 Å². The van der Waals surface area contributed by atoms with Crippen LogP contribution in [0.3, 0.4) is 0 Å². The Bertz CT molecular complexity index is 448. The monoisotopic (exact) mass is 264 g/mol. The Hall–Kier alpha value is -1.09. The Morgan fingerprint density at radius 3 is 2.80 bits per heavy atom. The topological polar surface area (TPSA) is 17.8 Å². The molecule has 0 fully saturated rings. The maximum absolute atomic E-state index is 4.35. The molecule has 0 spiro atoms. The van der Waals surface area contributed by atoms with E-state index in [0.29, 0.717) is 0 Å². The van der Waals surface area contributed by atoms with Crippen LogP contribution in [0.15, 0.2) is 36.5 Å². The van der Waals surface area contributed by atoms with Crippen LogP contribution in [0.2, 0.25) is 0 Å². The highest BCUT2D eigenvalue weighted by Gasteiger charge is 2.06. The first-order valence-corrected chi connectivity index (χ1v) is 6.16. The molecule has 78 valence electrons. The van der Waals surface area contributed by atoms with E-state index in [2.05, 4.69) is 46.2 Å². The fourth-order valence-electron chi connectivity index (χ4n) is 1.67. The van der Waals surface area contributed by atoms with E-state index in [0.717, 1.165) is 11.8 Å².